The molecule has 18 heavy (non-hydrogen) atoms. The lowest BCUT2D eigenvalue weighted by Gasteiger charge is -2.13. The van der Waals surface area contributed by atoms with Gasteiger partial charge in [-0.1, -0.05) is 17.7 Å². The number of benzene rings is 1. The molecule has 0 saturated carbocycles. The molecule has 0 bridgehead atoms. The topological polar surface area (TPSA) is 31.4 Å². The molecule has 1 aromatic carbocycles. The van der Waals surface area contributed by atoms with E-state index in [-0.39, 0.29) is 0 Å². The Kier molecular flexibility index (Phi) is 4.09. The fourth-order valence-corrected chi connectivity index (χ4v) is 2.49. The first-order chi connectivity index (χ1) is 8.67. The van der Waals surface area contributed by atoms with E-state index >= 15 is 0 Å². The molecule has 5 heteroatoms. The van der Waals surface area contributed by atoms with Crippen LogP contribution in [-0.2, 0) is 0 Å². The van der Waals surface area contributed by atoms with E-state index in [1.54, 1.807) is 20.3 Å². The predicted molar refractivity (Wildman–Crippen MR) is 75.5 cm³/mol. The van der Waals surface area contributed by atoms with Crippen LogP contribution in [0.5, 0.6) is 11.5 Å². The van der Waals surface area contributed by atoms with Gasteiger partial charge in [0.25, 0.3) is 0 Å². The van der Waals surface area contributed by atoms with Crippen LogP contribution < -0.4 is 9.47 Å². The Morgan fingerprint density at radius 3 is 2.50 bits per heavy atom. The average Bonchev–Trinajstić information content (AvgIpc) is 2.38. The first-order valence-electron chi connectivity index (χ1n) is 5.20. The number of hydrogen-bond acceptors (Lipinski definition) is 3. The molecule has 0 radical (unpaired) electrons. The largest absolute Gasteiger partial charge is 0.495 e. The quantitative estimate of drug-likeness (QED) is 0.792. The van der Waals surface area contributed by atoms with Crippen LogP contribution in [0.3, 0.4) is 0 Å². The van der Waals surface area contributed by atoms with E-state index in [0.717, 1.165) is 15.7 Å². The van der Waals surface area contributed by atoms with Crippen LogP contribution in [0.4, 0.5) is 0 Å². The summed E-state index contributed by atoms with van der Waals surface area (Å²) in [6, 6.07) is 9.20. The summed E-state index contributed by atoms with van der Waals surface area (Å²) in [6.45, 7) is 0. The number of methoxy groups -OCH3 is 2. The smallest absolute Gasteiger partial charge is 0.146 e. The maximum Gasteiger partial charge on any atom is 0.146 e. The second-order valence-electron chi connectivity index (χ2n) is 3.51. The van der Waals surface area contributed by atoms with Crippen molar-refractivity contribution in [2.24, 2.45) is 0 Å². The molecule has 2 aromatic rings. The summed E-state index contributed by atoms with van der Waals surface area (Å²) in [6.07, 6.45) is 0. The second kappa shape index (κ2) is 5.59. The number of hydrogen-bond donors (Lipinski definition) is 0. The molecule has 1 heterocycles. The first kappa shape index (κ1) is 13.2. The molecular weight excluding hydrogens is 318 g/mol. The Morgan fingerprint density at radius 2 is 1.89 bits per heavy atom. The number of pyridine rings is 1. The van der Waals surface area contributed by atoms with Crippen LogP contribution in [0.15, 0.2) is 34.8 Å². The number of nitrogens with zero attached hydrogens (tertiary/aromatic N) is 1. The van der Waals surface area contributed by atoms with Crippen molar-refractivity contribution >= 4 is 27.5 Å². The Balaban J connectivity index is 2.61. The van der Waals surface area contributed by atoms with Gasteiger partial charge in [0.05, 0.1) is 19.9 Å². The number of aromatic nitrogens is 1. The van der Waals surface area contributed by atoms with Gasteiger partial charge in [0.2, 0.25) is 0 Å². The van der Waals surface area contributed by atoms with Crippen LogP contribution in [0.25, 0.3) is 11.3 Å². The van der Waals surface area contributed by atoms with Crippen LogP contribution in [-0.4, -0.2) is 19.2 Å². The molecule has 1 aromatic heterocycles. The van der Waals surface area contributed by atoms with E-state index in [9.17, 15) is 0 Å². The van der Waals surface area contributed by atoms with Gasteiger partial charge in [0, 0.05) is 5.56 Å². The lowest BCUT2D eigenvalue weighted by Crippen LogP contribution is -1.94. The molecular formula is C13H11BrClNO2. The Morgan fingerprint density at radius 1 is 1.11 bits per heavy atom. The van der Waals surface area contributed by atoms with Crippen molar-refractivity contribution in [2.75, 3.05) is 14.2 Å². The van der Waals surface area contributed by atoms with Crippen molar-refractivity contribution in [3.05, 3.63) is 40.0 Å². The zero-order valence-electron chi connectivity index (χ0n) is 9.91. The van der Waals surface area contributed by atoms with Gasteiger partial charge in [-0.05, 0) is 40.2 Å². The molecule has 0 aliphatic carbocycles. The highest BCUT2D eigenvalue weighted by Crippen LogP contribution is 2.41. The maximum atomic E-state index is 5.90. The van der Waals surface area contributed by atoms with E-state index in [1.807, 2.05) is 24.3 Å². The van der Waals surface area contributed by atoms with Crippen molar-refractivity contribution in [2.45, 2.75) is 0 Å². The van der Waals surface area contributed by atoms with Gasteiger partial charge in [0.15, 0.2) is 0 Å². The lowest BCUT2D eigenvalue weighted by molar-refractivity contribution is 0.390. The summed E-state index contributed by atoms with van der Waals surface area (Å²) in [5, 5.41) is 0.446. The minimum atomic E-state index is 0.446. The van der Waals surface area contributed by atoms with Gasteiger partial charge in [-0.25, -0.2) is 4.98 Å². The van der Waals surface area contributed by atoms with Gasteiger partial charge < -0.3 is 9.47 Å². The van der Waals surface area contributed by atoms with Gasteiger partial charge >= 0.3 is 0 Å². The monoisotopic (exact) mass is 327 g/mol. The lowest BCUT2D eigenvalue weighted by atomic mass is 10.1. The summed E-state index contributed by atoms with van der Waals surface area (Å²) in [5.41, 5.74) is 1.61. The fraction of sp³-hybridized carbons (Fsp3) is 0.154. The van der Waals surface area contributed by atoms with Crippen molar-refractivity contribution in [3.8, 4) is 22.8 Å². The molecule has 0 amide bonds. The molecule has 0 saturated heterocycles. The van der Waals surface area contributed by atoms with Gasteiger partial charge in [-0.15, -0.1) is 0 Å². The summed E-state index contributed by atoms with van der Waals surface area (Å²) in [5.74, 6) is 1.38. The summed E-state index contributed by atoms with van der Waals surface area (Å²) in [4.78, 5) is 4.27. The first-order valence-corrected chi connectivity index (χ1v) is 6.38. The Hall–Kier alpha value is -1.26. The maximum absolute atomic E-state index is 5.90. The van der Waals surface area contributed by atoms with Gasteiger partial charge in [-0.2, -0.15) is 0 Å². The molecule has 0 aliphatic rings. The van der Waals surface area contributed by atoms with Crippen molar-refractivity contribution in [3.63, 3.8) is 0 Å². The van der Waals surface area contributed by atoms with E-state index in [2.05, 4.69) is 20.9 Å². The Bertz CT molecular complexity index is 575. The fourth-order valence-electron chi connectivity index (χ4n) is 1.66. The van der Waals surface area contributed by atoms with E-state index in [4.69, 9.17) is 21.1 Å². The molecule has 3 nitrogen and oxygen atoms in total. The number of ether oxygens (including phenoxy) is 2. The highest BCUT2D eigenvalue weighted by Gasteiger charge is 2.14. The number of halogens is 2. The summed E-state index contributed by atoms with van der Waals surface area (Å²) >= 11 is 9.36. The zero-order valence-corrected chi connectivity index (χ0v) is 12.2. The molecule has 94 valence electrons. The predicted octanol–water partition coefficient (Wildman–Crippen LogP) is 4.18. The molecule has 0 aliphatic heterocycles. The molecule has 0 atom stereocenters. The van der Waals surface area contributed by atoms with Crippen LogP contribution >= 0.6 is 27.5 Å². The molecule has 0 unspecified atom stereocenters. The van der Waals surface area contributed by atoms with E-state index in [1.165, 1.54) is 0 Å². The third-order valence-corrected chi connectivity index (χ3v) is 3.44. The highest BCUT2D eigenvalue weighted by molar-refractivity contribution is 9.10. The SMILES string of the molecule is COc1ccc(-c2cccc(Cl)n2)c(OC)c1Br. The normalized spacial score (nSPS) is 10.2. The van der Waals surface area contributed by atoms with Crippen molar-refractivity contribution in [1.82, 2.24) is 4.98 Å². The molecule has 2 rings (SSSR count). The highest BCUT2D eigenvalue weighted by atomic mass is 79.9. The van der Waals surface area contributed by atoms with E-state index in [0.29, 0.717) is 16.7 Å². The van der Waals surface area contributed by atoms with Crippen molar-refractivity contribution < 1.29 is 9.47 Å². The third-order valence-electron chi connectivity index (χ3n) is 2.48. The number of rotatable bonds is 3. The minimum Gasteiger partial charge on any atom is -0.495 e. The zero-order chi connectivity index (χ0) is 13.1. The summed E-state index contributed by atoms with van der Waals surface area (Å²) in [7, 11) is 3.21. The third kappa shape index (κ3) is 2.44. The molecule has 0 fully saturated rings. The molecule has 0 spiro atoms. The molecule has 0 N–H and O–H groups in total. The minimum absolute atomic E-state index is 0.446. The Labute approximate surface area is 119 Å². The standard InChI is InChI=1S/C13H11BrClNO2/c1-17-10-7-6-8(13(18-2)12(10)14)9-4-3-5-11(15)16-9/h3-7H,1-2H3. The van der Waals surface area contributed by atoms with Gasteiger partial charge in [-0.3, -0.25) is 0 Å². The van der Waals surface area contributed by atoms with Crippen LogP contribution in [0, 0.1) is 0 Å². The van der Waals surface area contributed by atoms with Crippen molar-refractivity contribution in [1.29, 1.82) is 0 Å². The van der Waals surface area contributed by atoms with E-state index < -0.39 is 0 Å². The van der Waals surface area contributed by atoms with Gasteiger partial charge in [0.1, 0.15) is 21.1 Å². The van der Waals surface area contributed by atoms with Crippen LogP contribution in [0.1, 0.15) is 0 Å². The van der Waals surface area contributed by atoms with Crippen LogP contribution in [0.2, 0.25) is 5.15 Å². The average molecular weight is 329 g/mol. The summed E-state index contributed by atoms with van der Waals surface area (Å²) < 4.78 is 11.4. The second-order valence-corrected chi connectivity index (χ2v) is 4.69.